The lowest BCUT2D eigenvalue weighted by Crippen LogP contribution is -2.24. The summed E-state index contributed by atoms with van der Waals surface area (Å²) in [6, 6.07) is 18.2. The number of fused-ring (bicyclic) bond motifs is 3. The van der Waals surface area contributed by atoms with Gasteiger partial charge in [0.15, 0.2) is 0 Å². The quantitative estimate of drug-likeness (QED) is 0.320. The number of hydrogen-bond donors (Lipinski definition) is 0. The molecule has 164 valence electrons. The Morgan fingerprint density at radius 1 is 1.03 bits per heavy atom. The summed E-state index contributed by atoms with van der Waals surface area (Å²) in [5.41, 5.74) is 3.56. The highest BCUT2D eigenvalue weighted by Gasteiger charge is 2.22. The SMILES string of the molecule is Cc1cccc(-c2nc3sc4c(c3c(=O)n2CCCCOc2ccccc2)CCCC4)c1. The Bertz CT molecular complexity index is 1290. The predicted octanol–water partition coefficient (Wildman–Crippen LogP) is 6.17. The fourth-order valence-corrected chi connectivity index (χ4v) is 5.78. The zero-order valence-corrected chi connectivity index (χ0v) is 19.3. The van der Waals surface area contributed by atoms with Crippen LogP contribution in [0.3, 0.4) is 0 Å². The van der Waals surface area contributed by atoms with E-state index >= 15 is 0 Å². The topological polar surface area (TPSA) is 44.1 Å². The van der Waals surface area contributed by atoms with E-state index in [0.717, 1.165) is 59.5 Å². The van der Waals surface area contributed by atoms with Crippen molar-refractivity contribution in [2.45, 2.75) is 52.0 Å². The molecule has 0 radical (unpaired) electrons. The third-order valence-corrected chi connectivity index (χ3v) is 7.32. The average Bonchev–Trinajstić information content (AvgIpc) is 3.19. The molecule has 5 rings (SSSR count). The number of unbranched alkanes of at least 4 members (excludes halogenated alkanes) is 1. The highest BCUT2D eigenvalue weighted by atomic mass is 32.1. The van der Waals surface area contributed by atoms with Gasteiger partial charge in [0.2, 0.25) is 0 Å². The van der Waals surface area contributed by atoms with Gasteiger partial charge < -0.3 is 4.74 Å². The van der Waals surface area contributed by atoms with Crippen LogP contribution >= 0.6 is 11.3 Å². The van der Waals surface area contributed by atoms with Crippen LogP contribution < -0.4 is 10.3 Å². The maximum atomic E-state index is 13.7. The highest BCUT2D eigenvalue weighted by Crippen LogP contribution is 2.35. The number of nitrogens with zero attached hydrogens (tertiary/aromatic N) is 2. The summed E-state index contributed by atoms with van der Waals surface area (Å²) in [5, 5.41) is 0.863. The molecule has 0 saturated heterocycles. The van der Waals surface area contributed by atoms with Crippen LogP contribution in [0.1, 0.15) is 41.7 Å². The van der Waals surface area contributed by atoms with Crippen LogP contribution in [-0.4, -0.2) is 16.2 Å². The van der Waals surface area contributed by atoms with E-state index in [9.17, 15) is 4.79 Å². The normalized spacial score (nSPS) is 13.3. The van der Waals surface area contributed by atoms with Gasteiger partial charge in [-0.1, -0.05) is 42.0 Å². The number of hydrogen-bond acceptors (Lipinski definition) is 4. The molecule has 4 aromatic rings. The fraction of sp³-hybridized carbons (Fsp3) is 0.333. The van der Waals surface area contributed by atoms with Gasteiger partial charge in [-0.15, -0.1) is 11.3 Å². The number of aromatic nitrogens is 2. The third kappa shape index (κ3) is 4.22. The molecule has 4 nitrogen and oxygen atoms in total. The van der Waals surface area contributed by atoms with E-state index in [1.807, 2.05) is 41.0 Å². The standard InChI is InChI=1S/C27H28N2O2S/c1-19-10-9-11-20(18-19)25-28-26-24(22-14-5-6-15-23(22)32-26)27(30)29(25)16-7-8-17-31-21-12-3-2-4-13-21/h2-4,9-13,18H,5-8,14-17H2,1H3. The van der Waals surface area contributed by atoms with E-state index in [1.54, 1.807) is 11.3 Å². The molecule has 1 aliphatic rings. The molecular formula is C27H28N2O2S. The maximum Gasteiger partial charge on any atom is 0.262 e. The number of ether oxygens (including phenoxy) is 1. The monoisotopic (exact) mass is 444 g/mol. The van der Waals surface area contributed by atoms with Crippen LogP contribution in [0.4, 0.5) is 0 Å². The molecule has 0 spiro atoms. The molecule has 0 aliphatic heterocycles. The molecule has 0 saturated carbocycles. The minimum atomic E-state index is 0.120. The smallest absolute Gasteiger partial charge is 0.262 e. The van der Waals surface area contributed by atoms with Gasteiger partial charge in [-0.3, -0.25) is 9.36 Å². The first kappa shape index (κ1) is 21.0. The fourth-order valence-electron chi connectivity index (χ4n) is 4.53. The second kappa shape index (κ2) is 9.29. The lowest BCUT2D eigenvalue weighted by atomic mass is 9.97. The van der Waals surface area contributed by atoms with Crippen molar-refractivity contribution in [1.82, 2.24) is 9.55 Å². The van der Waals surface area contributed by atoms with E-state index < -0.39 is 0 Å². The van der Waals surface area contributed by atoms with E-state index in [-0.39, 0.29) is 5.56 Å². The van der Waals surface area contributed by atoms with Crippen molar-refractivity contribution < 1.29 is 4.74 Å². The van der Waals surface area contributed by atoms with Gasteiger partial charge in [0, 0.05) is 17.0 Å². The van der Waals surface area contributed by atoms with Crippen molar-refractivity contribution >= 4 is 21.6 Å². The maximum absolute atomic E-state index is 13.7. The average molecular weight is 445 g/mol. The lowest BCUT2D eigenvalue weighted by Gasteiger charge is -2.14. The van der Waals surface area contributed by atoms with E-state index in [2.05, 4.69) is 25.1 Å². The number of thiophene rings is 1. The number of aryl methyl sites for hydroxylation is 3. The Morgan fingerprint density at radius 3 is 2.72 bits per heavy atom. The van der Waals surface area contributed by atoms with E-state index in [1.165, 1.54) is 22.4 Å². The van der Waals surface area contributed by atoms with Gasteiger partial charge in [0.05, 0.1) is 12.0 Å². The molecule has 0 unspecified atom stereocenters. The summed E-state index contributed by atoms with van der Waals surface area (Å²) in [6.07, 6.45) is 6.20. The van der Waals surface area contributed by atoms with Crippen molar-refractivity contribution in [3.05, 3.63) is 81.0 Å². The molecular weight excluding hydrogens is 416 g/mol. The minimum absolute atomic E-state index is 0.120. The van der Waals surface area contributed by atoms with E-state index in [4.69, 9.17) is 9.72 Å². The molecule has 0 bridgehead atoms. The molecule has 0 fully saturated rings. The number of rotatable bonds is 7. The summed E-state index contributed by atoms with van der Waals surface area (Å²) in [7, 11) is 0. The molecule has 2 aromatic heterocycles. The Balaban J connectivity index is 1.45. The van der Waals surface area contributed by atoms with Crippen LogP contribution in [0.5, 0.6) is 5.75 Å². The Morgan fingerprint density at radius 2 is 1.88 bits per heavy atom. The Labute approximate surface area is 192 Å². The van der Waals surface area contributed by atoms with Crippen molar-refractivity contribution in [2.75, 3.05) is 6.61 Å². The van der Waals surface area contributed by atoms with Gasteiger partial charge in [-0.25, -0.2) is 4.98 Å². The molecule has 2 aromatic carbocycles. The largest absolute Gasteiger partial charge is 0.494 e. The van der Waals surface area contributed by atoms with Crippen molar-refractivity contribution in [2.24, 2.45) is 0 Å². The van der Waals surface area contributed by atoms with Crippen LogP contribution in [0, 0.1) is 6.92 Å². The van der Waals surface area contributed by atoms with Crippen molar-refractivity contribution in [3.63, 3.8) is 0 Å². The molecule has 32 heavy (non-hydrogen) atoms. The van der Waals surface area contributed by atoms with Gasteiger partial charge in [-0.05, 0) is 69.2 Å². The first-order valence-corrected chi connectivity index (χ1v) is 12.3. The molecule has 1 aliphatic carbocycles. The number of para-hydroxylation sites is 1. The van der Waals surface area contributed by atoms with Gasteiger partial charge in [0.1, 0.15) is 16.4 Å². The van der Waals surface area contributed by atoms with Crippen molar-refractivity contribution in [1.29, 1.82) is 0 Å². The van der Waals surface area contributed by atoms with Crippen LogP contribution in [0.2, 0.25) is 0 Å². The lowest BCUT2D eigenvalue weighted by molar-refractivity contribution is 0.303. The zero-order chi connectivity index (χ0) is 21.9. The first-order chi connectivity index (χ1) is 15.7. The Hall–Kier alpha value is -2.92. The molecule has 0 amide bonds. The zero-order valence-electron chi connectivity index (χ0n) is 18.5. The molecule has 0 atom stereocenters. The van der Waals surface area contributed by atoms with Gasteiger partial charge >= 0.3 is 0 Å². The summed E-state index contributed by atoms with van der Waals surface area (Å²) in [5.74, 6) is 1.67. The van der Waals surface area contributed by atoms with Gasteiger partial charge in [0.25, 0.3) is 5.56 Å². The number of benzene rings is 2. The first-order valence-electron chi connectivity index (χ1n) is 11.5. The van der Waals surface area contributed by atoms with E-state index in [0.29, 0.717) is 13.2 Å². The van der Waals surface area contributed by atoms with Gasteiger partial charge in [-0.2, -0.15) is 0 Å². The third-order valence-electron chi connectivity index (χ3n) is 6.14. The molecule has 2 heterocycles. The highest BCUT2D eigenvalue weighted by molar-refractivity contribution is 7.18. The Kier molecular flexibility index (Phi) is 6.08. The summed E-state index contributed by atoms with van der Waals surface area (Å²) in [6.45, 7) is 3.37. The minimum Gasteiger partial charge on any atom is -0.494 e. The predicted molar refractivity (Wildman–Crippen MR) is 132 cm³/mol. The van der Waals surface area contributed by atoms with Crippen LogP contribution in [-0.2, 0) is 19.4 Å². The summed E-state index contributed by atoms with van der Waals surface area (Å²) in [4.78, 5) is 21.0. The van der Waals surface area contributed by atoms with Crippen LogP contribution in [0.25, 0.3) is 21.6 Å². The molecule has 0 N–H and O–H groups in total. The summed E-state index contributed by atoms with van der Waals surface area (Å²) >= 11 is 1.72. The second-order valence-electron chi connectivity index (χ2n) is 8.52. The summed E-state index contributed by atoms with van der Waals surface area (Å²) < 4.78 is 7.74. The second-order valence-corrected chi connectivity index (χ2v) is 9.60. The van der Waals surface area contributed by atoms with Crippen molar-refractivity contribution in [3.8, 4) is 17.1 Å². The van der Waals surface area contributed by atoms with Crippen LogP contribution in [0.15, 0.2) is 59.4 Å². The molecule has 5 heteroatoms.